The Labute approximate surface area is 119 Å². The van der Waals surface area contributed by atoms with Crippen molar-refractivity contribution in [1.82, 2.24) is 9.88 Å². The summed E-state index contributed by atoms with van der Waals surface area (Å²) >= 11 is 0. The highest BCUT2D eigenvalue weighted by atomic mass is 16.5. The molecule has 0 bridgehead atoms. The van der Waals surface area contributed by atoms with Crippen LogP contribution in [0.1, 0.15) is 18.5 Å². The van der Waals surface area contributed by atoms with Crippen molar-refractivity contribution in [3.63, 3.8) is 0 Å². The Kier molecular flexibility index (Phi) is 4.96. The normalized spacial score (nSPS) is 12.1. The molecule has 0 aliphatic heterocycles. The number of ether oxygens (including phenoxy) is 1. The first-order valence-electron chi connectivity index (χ1n) is 6.79. The summed E-state index contributed by atoms with van der Waals surface area (Å²) in [5.74, 6) is 0.899. The maximum Gasteiger partial charge on any atom is 0.181 e. The van der Waals surface area contributed by atoms with Gasteiger partial charge in [-0.25, -0.2) is 0 Å². The van der Waals surface area contributed by atoms with E-state index in [-0.39, 0.29) is 11.5 Å². The van der Waals surface area contributed by atoms with Crippen molar-refractivity contribution in [3.8, 4) is 5.75 Å². The summed E-state index contributed by atoms with van der Waals surface area (Å²) in [5, 5.41) is 3.30. The predicted molar refractivity (Wildman–Crippen MR) is 80.1 cm³/mol. The highest BCUT2D eigenvalue weighted by molar-refractivity contribution is 5.35. The molecule has 0 saturated carbocycles. The highest BCUT2D eigenvalue weighted by Gasteiger charge is 2.14. The fraction of sp³-hybridized carbons (Fsp3) is 0.312. The topological polar surface area (TPSA) is 43.3 Å². The predicted octanol–water partition coefficient (Wildman–Crippen LogP) is 2.21. The van der Waals surface area contributed by atoms with Crippen LogP contribution in [-0.4, -0.2) is 18.2 Å². The summed E-state index contributed by atoms with van der Waals surface area (Å²) in [6.45, 7) is 3.36. The second-order valence-electron chi connectivity index (χ2n) is 4.54. The van der Waals surface area contributed by atoms with Gasteiger partial charge < -0.3 is 14.6 Å². The number of hydrogen-bond donors (Lipinski definition) is 1. The number of rotatable bonds is 6. The fourth-order valence-corrected chi connectivity index (χ4v) is 2.18. The lowest BCUT2D eigenvalue weighted by Crippen LogP contribution is -2.23. The van der Waals surface area contributed by atoms with Gasteiger partial charge in [0, 0.05) is 36.6 Å². The molecule has 0 aliphatic rings. The van der Waals surface area contributed by atoms with Crippen LogP contribution in [0.2, 0.25) is 0 Å². The number of benzene rings is 1. The molecule has 1 aromatic heterocycles. The van der Waals surface area contributed by atoms with Crippen LogP contribution >= 0.6 is 0 Å². The molecule has 0 fully saturated rings. The van der Waals surface area contributed by atoms with Gasteiger partial charge in [0.1, 0.15) is 5.75 Å². The van der Waals surface area contributed by atoms with E-state index in [2.05, 4.69) is 11.4 Å². The zero-order valence-electron chi connectivity index (χ0n) is 11.9. The van der Waals surface area contributed by atoms with E-state index in [1.165, 1.54) is 0 Å². The van der Waals surface area contributed by atoms with Crippen molar-refractivity contribution in [2.24, 2.45) is 0 Å². The second kappa shape index (κ2) is 6.91. The third-order valence-corrected chi connectivity index (χ3v) is 3.20. The van der Waals surface area contributed by atoms with Gasteiger partial charge >= 0.3 is 0 Å². The van der Waals surface area contributed by atoms with E-state index in [0.29, 0.717) is 6.61 Å². The molecule has 0 spiro atoms. The monoisotopic (exact) mass is 272 g/mol. The largest absolute Gasteiger partial charge is 0.494 e. The van der Waals surface area contributed by atoms with Crippen molar-refractivity contribution in [2.45, 2.75) is 19.5 Å². The highest BCUT2D eigenvalue weighted by Crippen LogP contribution is 2.25. The number of nitrogens with zero attached hydrogens (tertiary/aromatic N) is 1. The summed E-state index contributed by atoms with van der Waals surface area (Å²) in [6, 6.07) is 11.3. The van der Waals surface area contributed by atoms with Gasteiger partial charge in [-0.2, -0.15) is 0 Å². The van der Waals surface area contributed by atoms with Crippen LogP contribution in [0.5, 0.6) is 5.75 Å². The van der Waals surface area contributed by atoms with Gasteiger partial charge in [0.25, 0.3) is 0 Å². The van der Waals surface area contributed by atoms with Gasteiger partial charge in [-0.3, -0.25) is 4.79 Å². The zero-order chi connectivity index (χ0) is 14.4. The van der Waals surface area contributed by atoms with Crippen LogP contribution in [0.25, 0.3) is 0 Å². The van der Waals surface area contributed by atoms with E-state index in [9.17, 15) is 4.79 Å². The maximum atomic E-state index is 11.1. The molecular weight excluding hydrogens is 252 g/mol. The quantitative estimate of drug-likeness (QED) is 0.876. The number of nitrogens with one attached hydrogen (secondary N) is 1. The second-order valence-corrected chi connectivity index (χ2v) is 4.54. The molecule has 1 aromatic carbocycles. The Morgan fingerprint density at radius 2 is 1.90 bits per heavy atom. The van der Waals surface area contributed by atoms with Gasteiger partial charge in [-0.1, -0.05) is 18.2 Å². The average molecular weight is 272 g/mol. The lowest BCUT2D eigenvalue weighted by atomic mass is 10.1. The lowest BCUT2D eigenvalue weighted by Gasteiger charge is -2.21. The molecule has 0 saturated heterocycles. The van der Waals surface area contributed by atoms with E-state index in [1.54, 1.807) is 24.5 Å². The maximum absolute atomic E-state index is 11.1. The molecule has 2 rings (SSSR count). The van der Waals surface area contributed by atoms with Crippen molar-refractivity contribution in [2.75, 3.05) is 13.7 Å². The Morgan fingerprint density at radius 3 is 2.55 bits per heavy atom. The van der Waals surface area contributed by atoms with Crippen LogP contribution in [0.3, 0.4) is 0 Å². The minimum Gasteiger partial charge on any atom is -0.494 e. The van der Waals surface area contributed by atoms with Crippen LogP contribution in [0, 0.1) is 0 Å². The number of hydrogen-bond acceptors (Lipinski definition) is 3. The van der Waals surface area contributed by atoms with E-state index in [1.807, 2.05) is 36.7 Å². The Hall–Kier alpha value is -2.07. The van der Waals surface area contributed by atoms with Gasteiger partial charge in [-0.15, -0.1) is 0 Å². The van der Waals surface area contributed by atoms with Crippen molar-refractivity contribution >= 4 is 0 Å². The number of pyridine rings is 1. The molecule has 2 aromatic rings. The molecule has 4 nitrogen and oxygen atoms in total. The van der Waals surface area contributed by atoms with Crippen LogP contribution in [0.4, 0.5) is 0 Å². The summed E-state index contributed by atoms with van der Waals surface area (Å²) in [6.07, 6.45) is 3.60. The van der Waals surface area contributed by atoms with E-state index in [4.69, 9.17) is 4.74 Å². The number of para-hydroxylation sites is 1. The first kappa shape index (κ1) is 14.3. The molecular formula is C16H20N2O2. The lowest BCUT2D eigenvalue weighted by molar-refractivity contribution is 0.329. The van der Waals surface area contributed by atoms with Gasteiger partial charge in [-0.05, 0) is 20.0 Å². The fourth-order valence-electron chi connectivity index (χ4n) is 2.18. The average Bonchev–Trinajstić information content (AvgIpc) is 2.48. The minimum atomic E-state index is 0.0250. The zero-order valence-corrected chi connectivity index (χ0v) is 11.9. The molecule has 0 amide bonds. The Bertz CT molecular complexity index is 587. The number of aromatic nitrogens is 1. The van der Waals surface area contributed by atoms with Gasteiger partial charge in [0.2, 0.25) is 0 Å². The first-order chi connectivity index (χ1) is 9.74. The van der Waals surface area contributed by atoms with E-state index >= 15 is 0 Å². The number of likely N-dealkylation sites (N-methyl/N-ethyl adjacent to an activating group) is 1. The molecule has 106 valence electrons. The summed E-state index contributed by atoms with van der Waals surface area (Å²) in [7, 11) is 1.93. The molecule has 20 heavy (non-hydrogen) atoms. The van der Waals surface area contributed by atoms with E-state index in [0.717, 1.165) is 17.9 Å². The smallest absolute Gasteiger partial charge is 0.181 e. The summed E-state index contributed by atoms with van der Waals surface area (Å²) in [5.41, 5.74) is 1.15. The third-order valence-electron chi connectivity index (χ3n) is 3.20. The van der Waals surface area contributed by atoms with Crippen LogP contribution < -0.4 is 15.5 Å². The van der Waals surface area contributed by atoms with E-state index < -0.39 is 0 Å². The van der Waals surface area contributed by atoms with Crippen molar-refractivity contribution in [3.05, 3.63) is 64.6 Å². The Morgan fingerprint density at radius 1 is 1.20 bits per heavy atom. The van der Waals surface area contributed by atoms with Crippen molar-refractivity contribution in [1.29, 1.82) is 0 Å². The standard InChI is InChI=1S/C16H20N2O2/c1-3-20-16-7-5-4-6-14(16)15(17-2)12-18-10-8-13(19)9-11-18/h4-11,15,17H,3,12H2,1-2H3. The summed E-state index contributed by atoms with van der Waals surface area (Å²) < 4.78 is 7.67. The SMILES string of the molecule is CCOc1ccccc1C(Cn1ccc(=O)cc1)NC. The molecule has 1 unspecified atom stereocenters. The summed E-state index contributed by atoms with van der Waals surface area (Å²) in [4.78, 5) is 11.1. The van der Waals surface area contributed by atoms with Crippen LogP contribution in [-0.2, 0) is 6.54 Å². The molecule has 1 heterocycles. The third kappa shape index (κ3) is 3.48. The molecule has 4 heteroatoms. The molecule has 0 radical (unpaired) electrons. The van der Waals surface area contributed by atoms with Crippen LogP contribution in [0.15, 0.2) is 53.6 Å². The molecule has 1 atom stereocenters. The van der Waals surface area contributed by atoms with Gasteiger partial charge in [0.15, 0.2) is 5.43 Å². The van der Waals surface area contributed by atoms with Gasteiger partial charge in [0.05, 0.1) is 12.6 Å². The van der Waals surface area contributed by atoms with Crippen molar-refractivity contribution < 1.29 is 4.74 Å². The Balaban J connectivity index is 2.23. The molecule has 0 aliphatic carbocycles. The minimum absolute atomic E-state index is 0.0250. The first-order valence-corrected chi connectivity index (χ1v) is 6.79. The molecule has 1 N–H and O–H groups in total.